The molecule has 0 amide bonds. The average molecular weight is 242 g/mol. The maximum atomic E-state index is 9.02. The molecule has 17 heavy (non-hydrogen) atoms. The molecular formula is C14H14N2S. The lowest BCUT2D eigenvalue weighted by molar-refractivity contribution is 0.795. The Labute approximate surface area is 106 Å². The first-order valence-corrected chi connectivity index (χ1v) is 6.54. The molecule has 0 aliphatic rings. The third-order valence-corrected chi connectivity index (χ3v) is 3.62. The molecule has 86 valence electrons. The molecule has 0 aliphatic carbocycles. The van der Waals surface area contributed by atoms with Gasteiger partial charge in [0.25, 0.3) is 0 Å². The van der Waals surface area contributed by atoms with Gasteiger partial charge < -0.3 is 0 Å². The van der Waals surface area contributed by atoms with Crippen LogP contribution in [0.15, 0.2) is 29.6 Å². The van der Waals surface area contributed by atoms with Crippen LogP contribution in [0, 0.1) is 18.3 Å². The van der Waals surface area contributed by atoms with Gasteiger partial charge in [0.1, 0.15) is 5.01 Å². The van der Waals surface area contributed by atoms with Gasteiger partial charge in [-0.25, -0.2) is 4.98 Å². The third kappa shape index (κ3) is 2.54. The molecule has 2 nitrogen and oxygen atoms in total. The van der Waals surface area contributed by atoms with Crippen LogP contribution in [-0.2, 0) is 0 Å². The van der Waals surface area contributed by atoms with Crippen LogP contribution < -0.4 is 0 Å². The first-order valence-electron chi connectivity index (χ1n) is 5.66. The highest BCUT2D eigenvalue weighted by molar-refractivity contribution is 7.13. The molecule has 0 saturated carbocycles. The molecule has 0 saturated heterocycles. The second kappa shape index (κ2) is 5.11. The summed E-state index contributed by atoms with van der Waals surface area (Å²) in [6.07, 6.45) is 0.813. The molecule has 1 heterocycles. The molecule has 3 heteroatoms. The van der Waals surface area contributed by atoms with Crippen LogP contribution in [0.2, 0.25) is 0 Å². The van der Waals surface area contributed by atoms with Gasteiger partial charge in [0, 0.05) is 10.9 Å². The van der Waals surface area contributed by atoms with Gasteiger partial charge in [-0.05, 0) is 19.4 Å². The monoisotopic (exact) mass is 242 g/mol. The highest BCUT2D eigenvalue weighted by atomic mass is 32.1. The molecule has 0 aliphatic heterocycles. The Morgan fingerprint density at radius 3 is 2.94 bits per heavy atom. The highest BCUT2D eigenvalue weighted by Crippen LogP contribution is 2.28. The van der Waals surface area contributed by atoms with E-state index in [0.29, 0.717) is 0 Å². The molecule has 2 rings (SSSR count). The number of thiazole rings is 1. The first kappa shape index (κ1) is 11.8. The fourth-order valence-electron chi connectivity index (χ4n) is 1.72. The van der Waals surface area contributed by atoms with Gasteiger partial charge in [-0.3, -0.25) is 0 Å². The minimum atomic E-state index is -0.0789. The molecule has 1 unspecified atom stereocenters. The third-order valence-electron chi connectivity index (χ3n) is 2.71. The topological polar surface area (TPSA) is 36.7 Å². The van der Waals surface area contributed by atoms with Crippen molar-refractivity contribution in [1.29, 1.82) is 5.26 Å². The van der Waals surface area contributed by atoms with Crippen LogP contribution in [0.1, 0.15) is 30.5 Å². The zero-order valence-electron chi connectivity index (χ0n) is 9.97. The fourth-order valence-corrected chi connectivity index (χ4v) is 2.59. The maximum absolute atomic E-state index is 9.02. The Bertz CT molecular complexity index is 551. The van der Waals surface area contributed by atoms with E-state index in [1.54, 1.807) is 11.3 Å². The summed E-state index contributed by atoms with van der Waals surface area (Å²) in [5.74, 6) is -0.0789. The lowest BCUT2D eigenvalue weighted by atomic mass is 10.1. The van der Waals surface area contributed by atoms with Gasteiger partial charge in [0.05, 0.1) is 17.7 Å². The summed E-state index contributed by atoms with van der Waals surface area (Å²) in [5, 5.41) is 12.0. The van der Waals surface area contributed by atoms with Crippen LogP contribution in [0.4, 0.5) is 0 Å². The summed E-state index contributed by atoms with van der Waals surface area (Å²) in [6, 6.07) is 10.6. The van der Waals surface area contributed by atoms with Crippen LogP contribution >= 0.6 is 11.3 Å². The molecule has 1 aromatic carbocycles. The van der Waals surface area contributed by atoms with Crippen molar-refractivity contribution in [3.8, 4) is 16.6 Å². The van der Waals surface area contributed by atoms with Crippen LogP contribution in [-0.4, -0.2) is 4.98 Å². The van der Waals surface area contributed by atoms with Gasteiger partial charge in [-0.1, -0.05) is 30.7 Å². The number of hydrogen-bond acceptors (Lipinski definition) is 3. The van der Waals surface area contributed by atoms with E-state index in [1.807, 2.05) is 18.4 Å². The second-order valence-corrected chi connectivity index (χ2v) is 4.90. The van der Waals surface area contributed by atoms with Crippen LogP contribution in [0.3, 0.4) is 0 Å². The predicted molar refractivity (Wildman–Crippen MR) is 70.9 cm³/mol. The summed E-state index contributed by atoms with van der Waals surface area (Å²) in [6.45, 7) is 4.09. The van der Waals surface area contributed by atoms with E-state index in [4.69, 9.17) is 5.26 Å². The zero-order valence-corrected chi connectivity index (χ0v) is 10.8. The minimum absolute atomic E-state index is 0.0789. The standard InChI is InChI=1S/C14H14N2S/c1-3-11(8-15)13-9-17-14(16-13)12-6-4-5-10(2)7-12/h4-7,9,11H,3H2,1-2H3. The average Bonchev–Trinajstić information content (AvgIpc) is 2.80. The maximum Gasteiger partial charge on any atom is 0.123 e. The van der Waals surface area contributed by atoms with Crippen molar-refractivity contribution in [3.63, 3.8) is 0 Å². The number of benzene rings is 1. The molecule has 0 N–H and O–H groups in total. The molecule has 1 aromatic heterocycles. The van der Waals surface area contributed by atoms with Gasteiger partial charge in [-0.15, -0.1) is 11.3 Å². The predicted octanol–water partition coefficient (Wildman–Crippen LogP) is 4.14. The number of hydrogen-bond donors (Lipinski definition) is 0. The Kier molecular flexibility index (Phi) is 3.55. The normalized spacial score (nSPS) is 12.1. The van der Waals surface area contributed by atoms with E-state index in [-0.39, 0.29) is 5.92 Å². The Morgan fingerprint density at radius 1 is 1.47 bits per heavy atom. The molecule has 0 fully saturated rings. The summed E-state index contributed by atoms with van der Waals surface area (Å²) in [4.78, 5) is 4.56. The lowest BCUT2D eigenvalue weighted by Gasteiger charge is -2.00. The lowest BCUT2D eigenvalue weighted by Crippen LogP contribution is -1.93. The van der Waals surface area contributed by atoms with Crippen molar-refractivity contribution in [1.82, 2.24) is 4.98 Å². The van der Waals surface area contributed by atoms with Gasteiger partial charge in [0.15, 0.2) is 0 Å². The van der Waals surface area contributed by atoms with E-state index in [2.05, 4.69) is 36.2 Å². The SMILES string of the molecule is CCC(C#N)c1csc(-c2cccc(C)c2)n1. The molecule has 1 atom stereocenters. The molecule has 2 aromatic rings. The first-order chi connectivity index (χ1) is 8.24. The quantitative estimate of drug-likeness (QED) is 0.811. The Hall–Kier alpha value is -1.66. The molecular weight excluding hydrogens is 228 g/mol. The van der Waals surface area contributed by atoms with Gasteiger partial charge in [-0.2, -0.15) is 5.26 Å². The largest absolute Gasteiger partial charge is 0.240 e. The molecule has 0 radical (unpaired) electrons. The Morgan fingerprint density at radius 2 is 2.29 bits per heavy atom. The van der Waals surface area contributed by atoms with E-state index >= 15 is 0 Å². The number of nitriles is 1. The summed E-state index contributed by atoms with van der Waals surface area (Å²) < 4.78 is 0. The van der Waals surface area contributed by atoms with Crippen molar-refractivity contribution in [2.75, 3.05) is 0 Å². The summed E-state index contributed by atoms with van der Waals surface area (Å²) >= 11 is 1.61. The van der Waals surface area contributed by atoms with Crippen molar-refractivity contribution in [2.24, 2.45) is 0 Å². The van der Waals surface area contributed by atoms with Crippen molar-refractivity contribution >= 4 is 11.3 Å². The fraction of sp³-hybridized carbons (Fsp3) is 0.286. The number of rotatable bonds is 3. The summed E-state index contributed by atoms with van der Waals surface area (Å²) in [7, 11) is 0. The highest BCUT2D eigenvalue weighted by Gasteiger charge is 2.12. The molecule has 0 bridgehead atoms. The molecule has 0 spiro atoms. The van der Waals surface area contributed by atoms with Crippen LogP contribution in [0.25, 0.3) is 10.6 Å². The van der Waals surface area contributed by atoms with Crippen molar-refractivity contribution < 1.29 is 0 Å². The minimum Gasteiger partial charge on any atom is -0.240 e. The number of nitrogens with zero attached hydrogens (tertiary/aromatic N) is 2. The second-order valence-electron chi connectivity index (χ2n) is 4.04. The Balaban J connectivity index is 2.33. The van der Waals surface area contributed by atoms with E-state index < -0.39 is 0 Å². The van der Waals surface area contributed by atoms with Gasteiger partial charge in [0.2, 0.25) is 0 Å². The van der Waals surface area contributed by atoms with E-state index in [0.717, 1.165) is 22.7 Å². The van der Waals surface area contributed by atoms with Crippen LogP contribution in [0.5, 0.6) is 0 Å². The van der Waals surface area contributed by atoms with Gasteiger partial charge >= 0.3 is 0 Å². The zero-order chi connectivity index (χ0) is 12.3. The van der Waals surface area contributed by atoms with Crippen molar-refractivity contribution in [3.05, 3.63) is 40.9 Å². The van der Waals surface area contributed by atoms with E-state index in [1.165, 1.54) is 5.56 Å². The summed E-state index contributed by atoms with van der Waals surface area (Å²) in [5.41, 5.74) is 3.26. The number of aryl methyl sites for hydroxylation is 1. The number of aromatic nitrogens is 1. The van der Waals surface area contributed by atoms with E-state index in [9.17, 15) is 0 Å². The smallest absolute Gasteiger partial charge is 0.123 e. The van der Waals surface area contributed by atoms with Crippen molar-refractivity contribution in [2.45, 2.75) is 26.2 Å².